The van der Waals surface area contributed by atoms with Crippen molar-refractivity contribution in [3.8, 4) is 22.5 Å². The molecule has 5 rings (SSSR count). The number of aromatic nitrogens is 6. The summed E-state index contributed by atoms with van der Waals surface area (Å²) in [7, 11) is 0. The Kier molecular flexibility index (Phi) is 5.90. The van der Waals surface area contributed by atoms with Gasteiger partial charge in [0.1, 0.15) is 6.33 Å². The van der Waals surface area contributed by atoms with Crippen LogP contribution in [0, 0.1) is 0 Å². The molecule has 0 saturated heterocycles. The van der Waals surface area contributed by atoms with Gasteiger partial charge >= 0.3 is 5.76 Å². The molecule has 9 heteroatoms. The molecule has 1 N–H and O–H groups in total. The molecule has 9 nitrogen and oxygen atoms in total. The number of fused-ring (bicyclic) bond motifs is 1. The molecule has 3 aromatic heterocycles. The van der Waals surface area contributed by atoms with E-state index in [0.29, 0.717) is 18.0 Å². The zero-order valence-electron chi connectivity index (χ0n) is 19.9. The van der Waals surface area contributed by atoms with Crippen molar-refractivity contribution in [2.45, 2.75) is 46.1 Å². The summed E-state index contributed by atoms with van der Waals surface area (Å²) in [5.41, 5.74) is 5.30. The molecule has 0 spiro atoms. The fourth-order valence-corrected chi connectivity index (χ4v) is 4.51. The Hall–Kier alpha value is -4.27. The van der Waals surface area contributed by atoms with Crippen molar-refractivity contribution in [3.05, 3.63) is 92.6 Å². The van der Waals surface area contributed by atoms with Crippen molar-refractivity contribution >= 4 is 5.78 Å². The molecule has 3 heterocycles. The van der Waals surface area contributed by atoms with E-state index in [1.807, 2.05) is 66.9 Å². The van der Waals surface area contributed by atoms with Gasteiger partial charge in [-0.25, -0.2) is 9.31 Å². The summed E-state index contributed by atoms with van der Waals surface area (Å²) in [5, 5.41) is 8.26. The van der Waals surface area contributed by atoms with Crippen LogP contribution in [0.3, 0.4) is 0 Å². The lowest BCUT2D eigenvalue weighted by atomic mass is 9.96. The van der Waals surface area contributed by atoms with Crippen LogP contribution in [0.15, 0.2) is 69.0 Å². The van der Waals surface area contributed by atoms with Gasteiger partial charge < -0.3 is 0 Å². The van der Waals surface area contributed by atoms with Gasteiger partial charge in [-0.2, -0.15) is 10.1 Å². The first-order valence-corrected chi connectivity index (χ1v) is 11.7. The SMILES string of the molecule is CCCc1c(Cc2ccc(-c3ccccc3-c3noc(=O)[nH]3)cc2)c(=O)n(C(C)C)c2ncnn12. The molecule has 0 aliphatic rings. The Labute approximate surface area is 201 Å². The van der Waals surface area contributed by atoms with Crippen LogP contribution in [0.1, 0.15) is 50.1 Å². The minimum Gasteiger partial charge on any atom is -0.296 e. The van der Waals surface area contributed by atoms with E-state index in [1.165, 1.54) is 6.33 Å². The van der Waals surface area contributed by atoms with E-state index in [2.05, 4.69) is 31.7 Å². The maximum absolute atomic E-state index is 13.6. The summed E-state index contributed by atoms with van der Waals surface area (Å²) in [6, 6.07) is 15.7. The number of hydrogen-bond acceptors (Lipinski definition) is 6. The number of H-pyrrole nitrogens is 1. The molecule has 2 aromatic carbocycles. The third-order valence-electron chi connectivity index (χ3n) is 6.10. The van der Waals surface area contributed by atoms with Gasteiger partial charge in [-0.1, -0.05) is 67.0 Å². The Balaban J connectivity index is 1.55. The van der Waals surface area contributed by atoms with Crippen LogP contribution in [-0.2, 0) is 12.8 Å². The second kappa shape index (κ2) is 9.17. The van der Waals surface area contributed by atoms with Crippen LogP contribution in [-0.4, -0.2) is 29.3 Å². The first kappa shape index (κ1) is 22.5. The van der Waals surface area contributed by atoms with Crippen LogP contribution in [0.2, 0.25) is 0 Å². The van der Waals surface area contributed by atoms with Gasteiger partial charge in [-0.15, -0.1) is 0 Å². The van der Waals surface area contributed by atoms with Crippen molar-refractivity contribution in [1.82, 2.24) is 29.3 Å². The molecule has 0 aliphatic heterocycles. The van der Waals surface area contributed by atoms with Crippen molar-refractivity contribution < 1.29 is 4.52 Å². The summed E-state index contributed by atoms with van der Waals surface area (Å²) in [5.74, 6) is 0.369. The Morgan fingerprint density at radius 3 is 2.43 bits per heavy atom. The monoisotopic (exact) mass is 470 g/mol. The lowest BCUT2D eigenvalue weighted by Gasteiger charge is -2.17. The molecule has 0 amide bonds. The predicted octanol–water partition coefficient (Wildman–Crippen LogP) is 4.03. The third kappa shape index (κ3) is 4.09. The molecule has 0 aliphatic carbocycles. The van der Waals surface area contributed by atoms with Crippen LogP contribution >= 0.6 is 0 Å². The normalized spacial score (nSPS) is 11.5. The molecule has 178 valence electrons. The van der Waals surface area contributed by atoms with Gasteiger partial charge in [0.05, 0.1) is 5.69 Å². The molecular formula is C26H26N6O3. The highest BCUT2D eigenvalue weighted by atomic mass is 16.5. The number of aryl methyl sites for hydroxylation is 1. The lowest BCUT2D eigenvalue weighted by molar-refractivity contribution is 0.388. The quantitative estimate of drug-likeness (QED) is 0.385. The van der Waals surface area contributed by atoms with E-state index in [4.69, 9.17) is 0 Å². The van der Waals surface area contributed by atoms with Gasteiger partial charge in [0, 0.05) is 23.6 Å². The standard InChI is InChI=1S/C26H26N6O3/c1-4-7-22-21(24(33)31(16(2)3)25-27-15-28-32(22)25)14-17-10-12-18(13-11-17)19-8-5-6-9-20(19)23-29-26(34)35-30-23/h5-6,8-13,15-16H,4,7,14H2,1-3H3,(H,29,30,34). The molecule has 0 fully saturated rings. The van der Waals surface area contributed by atoms with Crippen LogP contribution < -0.4 is 11.3 Å². The zero-order chi connectivity index (χ0) is 24.5. The molecule has 0 unspecified atom stereocenters. The smallest absolute Gasteiger partial charge is 0.296 e. The minimum absolute atomic E-state index is 0.0200. The molecule has 0 bridgehead atoms. The zero-order valence-corrected chi connectivity index (χ0v) is 19.9. The highest BCUT2D eigenvalue weighted by molar-refractivity contribution is 5.80. The molecule has 0 radical (unpaired) electrons. The third-order valence-corrected chi connectivity index (χ3v) is 6.10. The van der Waals surface area contributed by atoms with Crippen LogP contribution in [0.5, 0.6) is 0 Å². The van der Waals surface area contributed by atoms with E-state index < -0.39 is 5.76 Å². The lowest BCUT2D eigenvalue weighted by Crippen LogP contribution is -2.30. The second-order valence-electron chi connectivity index (χ2n) is 8.78. The summed E-state index contributed by atoms with van der Waals surface area (Å²) >= 11 is 0. The number of aromatic amines is 1. The minimum atomic E-state index is -0.593. The maximum Gasteiger partial charge on any atom is 0.439 e. The van der Waals surface area contributed by atoms with E-state index in [-0.39, 0.29) is 11.6 Å². The van der Waals surface area contributed by atoms with Crippen LogP contribution in [0.25, 0.3) is 28.3 Å². The summed E-state index contributed by atoms with van der Waals surface area (Å²) < 4.78 is 8.21. The van der Waals surface area contributed by atoms with E-state index in [0.717, 1.165) is 46.4 Å². The van der Waals surface area contributed by atoms with E-state index >= 15 is 0 Å². The van der Waals surface area contributed by atoms with Crippen molar-refractivity contribution in [1.29, 1.82) is 0 Å². The van der Waals surface area contributed by atoms with Crippen molar-refractivity contribution in [3.63, 3.8) is 0 Å². The fraction of sp³-hybridized carbons (Fsp3) is 0.269. The van der Waals surface area contributed by atoms with Gasteiger partial charge in [0.2, 0.25) is 5.78 Å². The van der Waals surface area contributed by atoms with Crippen molar-refractivity contribution in [2.24, 2.45) is 0 Å². The fourth-order valence-electron chi connectivity index (χ4n) is 4.51. The Morgan fingerprint density at radius 1 is 1.03 bits per heavy atom. The predicted molar refractivity (Wildman–Crippen MR) is 132 cm³/mol. The highest BCUT2D eigenvalue weighted by Gasteiger charge is 2.20. The van der Waals surface area contributed by atoms with Crippen molar-refractivity contribution in [2.75, 3.05) is 0 Å². The number of rotatable bonds is 7. The number of nitrogens with zero attached hydrogens (tertiary/aromatic N) is 5. The molecule has 0 saturated carbocycles. The number of nitrogens with one attached hydrogen (secondary N) is 1. The highest BCUT2D eigenvalue weighted by Crippen LogP contribution is 2.30. The van der Waals surface area contributed by atoms with Gasteiger partial charge in [0.15, 0.2) is 5.82 Å². The maximum atomic E-state index is 13.6. The first-order valence-electron chi connectivity index (χ1n) is 11.7. The molecule has 5 aromatic rings. The summed E-state index contributed by atoms with van der Waals surface area (Å²) in [6.07, 6.45) is 3.64. The Morgan fingerprint density at radius 2 is 1.77 bits per heavy atom. The van der Waals surface area contributed by atoms with E-state index in [9.17, 15) is 9.59 Å². The van der Waals surface area contributed by atoms with Gasteiger partial charge in [-0.05, 0) is 37.0 Å². The molecule has 35 heavy (non-hydrogen) atoms. The number of hydrogen-bond donors (Lipinski definition) is 1. The van der Waals surface area contributed by atoms with Gasteiger partial charge in [-0.3, -0.25) is 18.9 Å². The summed E-state index contributed by atoms with van der Waals surface area (Å²) in [4.78, 5) is 32.0. The average Bonchev–Trinajstić information content (AvgIpc) is 3.51. The average molecular weight is 471 g/mol. The first-order chi connectivity index (χ1) is 17.0. The number of benzene rings is 2. The van der Waals surface area contributed by atoms with E-state index in [1.54, 1.807) is 4.57 Å². The second-order valence-corrected chi connectivity index (χ2v) is 8.78. The molecule has 0 atom stereocenters. The van der Waals surface area contributed by atoms with Gasteiger partial charge in [0.25, 0.3) is 5.56 Å². The molecular weight excluding hydrogens is 444 g/mol. The summed E-state index contributed by atoms with van der Waals surface area (Å²) in [6.45, 7) is 6.05. The van der Waals surface area contributed by atoms with Crippen LogP contribution in [0.4, 0.5) is 0 Å². The topological polar surface area (TPSA) is 111 Å². The Bertz CT molecular complexity index is 1600. The largest absolute Gasteiger partial charge is 0.439 e.